The molecule has 0 fully saturated rings. The molecule has 0 aromatic carbocycles. The van der Waals surface area contributed by atoms with Crippen molar-refractivity contribution in [3.63, 3.8) is 0 Å². The first-order valence-electron chi connectivity index (χ1n) is 3.90. The summed E-state index contributed by atoms with van der Waals surface area (Å²) in [5, 5.41) is 0. The maximum atomic E-state index is 4.68. The third-order valence-corrected chi connectivity index (χ3v) is 1.40. The average Bonchev–Trinajstić information content (AvgIpc) is 1.97. The topological polar surface area (TPSA) is 9.23 Å². The molecular weight excluding hydrogens is 124 g/mol. The summed E-state index contributed by atoms with van der Waals surface area (Å²) >= 11 is 0. The van der Waals surface area contributed by atoms with Crippen LogP contribution in [0.5, 0.6) is 0 Å². The molecule has 0 heterocycles. The molecule has 0 atom stereocenters. The summed E-state index contributed by atoms with van der Waals surface area (Å²) in [7, 11) is 3.31. The number of allylic oxidation sites excluding steroid dienone is 2. The Balaban J connectivity index is 2.77. The quantitative estimate of drug-likeness (QED) is 0.408. The largest absolute Gasteiger partial charge is 0.379 e. The van der Waals surface area contributed by atoms with Crippen molar-refractivity contribution in [2.45, 2.75) is 32.6 Å². The molecule has 1 nitrogen and oxygen atoms in total. The van der Waals surface area contributed by atoms with E-state index < -0.39 is 0 Å². The summed E-state index contributed by atoms with van der Waals surface area (Å²) in [6, 6.07) is 0. The second-order valence-electron chi connectivity index (χ2n) is 2.33. The van der Waals surface area contributed by atoms with Crippen LogP contribution in [0.25, 0.3) is 0 Å². The van der Waals surface area contributed by atoms with E-state index in [9.17, 15) is 0 Å². The lowest BCUT2D eigenvalue weighted by Crippen LogP contribution is -1.85. The van der Waals surface area contributed by atoms with Gasteiger partial charge in [0.15, 0.2) is 0 Å². The molecular formula is C9H17O. The Bertz CT molecular complexity index is 76.8. The van der Waals surface area contributed by atoms with Crippen LogP contribution in [0, 0.1) is 7.11 Å². The van der Waals surface area contributed by atoms with E-state index in [-0.39, 0.29) is 0 Å². The molecule has 0 aromatic heterocycles. The minimum absolute atomic E-state index is 0.801. The van der Waals surface area contributed by atoms with Gasteiger partial charge in [0.2, 0.25) is 0 Å². The summed E-state index contributed by atoms with van der Waals surface area (Å²) in [6.45, 7) is 2.86. The Morgan fingerprint density at radius 1 is 1.30 bits per heavy atom. The molecule has 1 heteroatoms. The zero-order chi connectivity index (χ0) is 7.66. The third-order valence-electron chi connectivity index (χ3n) is 1.40. The van der Waals surface area contributed by atoms with Gasteiger partial charge in [0, 0.05) is 6.61 Å². The number of unbranched alkanes of at least 4 members (excludes halogenated alkanes) is 3. The molecule has 1 radical (unpaired) electrons. The highest BCUT2D eigenvalue weighted by Gasteiger charge is 1.85. The predicted octanol–water partition coefficient (Wildman–Crippen LogP) is 2.93. The molecule has 0 aliphatic heterocycles. The average molecular weight is 141 g/mol. The Morgan fingerprint density at radius 3 is 2.70 bits per heavy atom. The van der Waals surface area contributed by atoms with Gasteiger partial charge < -0.3 is 4.74 Å². The molecule has 59 valence electrons. The van der Waals surface area contributed by atoms with Crippen LogP contribution in [0.3, 0.4) is 0 Å². The molecule has 0 aliphatic rings. The van der Waals surface area contributed by atoms with E-state index in [2.05, 4.69) is 30.9 Å². The van der Waals surface area contributed by atoms with Gasteiger partial charge in [0.05, 0.1) is 7.11 Å². The zero-order valence-corrected chi connectivity index (χ0v) is 6.81. The predicted molar refractivity (Wildman–Crippen MR) is 44.6 cm³/mol. The maximum Gasteiger partial charge on any atom is 0.0700 e. The molecule has 0 aliphatic carbocycles. The molecule has 0 unspecified atom stereocenters. The lowest BCUT2D eigenvalue weighted by Gasteiger charge is -1.95. The lowest BCUT2D eigenvalue weighted by atomic mass is 10.2. The van der Waals surface area contributed by atoms with Crippen molar-refractivity contribution in [1.82, 2.24) is 0 Å². The van der Waals surface area contributed by atoms with Crippen molar-refractivity contribution in [3.8, 4) is 0 Å². The normalized spacial score (nSPS) is 11.0. The molecule has 0 amide bonds. The van der Waals surface area contributed by atoms with Gasteiger partial charge in [-0.1, -0.05) is 18.6 Å². The van der Waals surface area contributed by atoms with Crippen LogP contribution in [0.2, 0.25) is 0 Å². The maximum absolute atomic E-state index is 4.68. The molecule has 0 saturated heterocycles. The van der Waals surface area contributed by atoms with Gasteiger partial charge in [0.25, 0.3) is 0 Å². The van der Waals surface area contributed by atoms with Crippen LogP contribution >= 0.6 is 0 Å². The van der Waals surface area contributed by atoms with Crippen molar-refractivity contribution in [2.75, 3.05) is 6.61 Å². The van der Waals surface area contributed by atoms with E-state index >= 15 is 0 Å². The highest BCUT2D eigenvalue weighted by atomic mass is 16.5. The van der Waals surface area contributed by atoms with Gasteiger partial charge in [-0.3, -0.25) is 0 Å². The fraction of sp³-hybridized carbons (Fsp3) is 0.667. The summed E-state index contributed by atoms with van der Waals surface area (Å²) in [4.78, 5) is 0. The molecule has 0 spiro atoms. The van der Waals surface area contributed by atoms with Gasteiger partial charge in [0.1, 0.15) is 0 Å². The minimum Gasteiger partial charge on any atom is -0.379 e. The van der Waals surface area contributed by atoms with E-state index in [0.717, 1.165) is 13.0 Å². The highest BCUT2D eigenvalue weighted by molar-refractivity contribution is 4.76. The third kappa shape index (κ3) is 7.70. The standard InChI is InChI=1S/C9H17O/c1-3-4-5-6-7-8-9-10-2/h3-4H,2,5-9H2,1H3. The second-order valence-corrected chi connectivity index (χ2v) is 2.33. The summed E-state index contributed by atoms with van der Waals surface area (Å²) in [6.07, 6.45) is 9.16. The van der Waals surface area contributed by atoms with Gasteiger partial charge in [-0.25, -0.2) is 0 Å². The first kappa shape index (κ1) is 9.70. The van der Waals surface area contributed by atoms with E-state index in [1.807, 2.05) is 0 Å². The van der Waals surface area contributed by atoms with Crippen molar-refractivity contribution in [3.05, 3.63) is 19.3 Å². The van der Waals surface area contributed by atoms with Crippen molar-refractivity contribution >= 4 is 0 Å². The Morgan fingerprint density at radius 2 is 2.10 bits per heavy atom. The first-order chi connectivity index (χ1) is 4.91. The van der Waals surface area contributed by atoms with Gasteiger partial charge in [-0.15, -0.1) is 0 Å². The smallest absolute Gasteiger partial charge is 0.0700 e. The zero-order valence-electron chi connectivity index (χ0n) is 6.81. The van der Waals surface area contributed by atoms with Crippen LogP contribution in [0.15, 0.2) is 12.2 Å². The Labute approximate surface area is 64.1 Å². The number of ether oxygens (including phenoxy) is 1. The van der Waals surface area contributed by atoms with E-state index in [1.165, 1.54) is 19.3 Å². The van der Waals surface area contributed by atoms with Crippen molar-refractivity contribution < 1.29 is 4.74 Å². The van der Waals surface area contributed by atoms with Gasteiger partial charge in [-0.2, -0.15) is 0 Å². The summed E-state index contributed by atoms with van der Waals surface area (Å²) in [5.41, 5.74) is 0. The van der Waals surface area contributed by atoms with Crippen LogP contribution in [-0.4, -0.2) is 6.61 Å². The fourth-order valence-corrected chi connectivity index (χ4v) is 0.810. The molecule has 0 saturated carbocycles. The summed E-state index contributed by atoms with van der Waals surface area (Å²) in [5.74, 6) is 0. The van der Waals surface area contributed by atoms with Crippen molar-refractivity contribution in [2.24, 2.45) is 0 Å². The number of hydrogen-bond donors (Lipinski definition) is 0. The Hall–Kier alpha value is -0.300. The molecule has 0 bridgehead atoms. The lowest BCUT2D eigenvalue weighted by molar-refractivity contribution is 0.234. The van der Waals surface area contributed by atoms with Gasteiger partial charge in [-0.05, 0) is 26.2 Å². The molecule has 10 heavy (non-hydrogen) atoms. The molecule has 0 N–H and O–H groups in total. The first-order valence-corrected chi connectivity index (χ1v) is 3.90. The van der Waals surface area contributed by atoms with Crippen molar-refractivity contribution in [1.29, 1.82) is 0 Å². The van der Waals surface area contributed by atoms with Crippen LogP contribution in [0.1, 0.15) is 32.6 Å². The minimum atomic E-state index is 0.801. The van der Waals surface area contributed by atoms with E-state index in [0.29, 0.717) is 0 Å². The van der Waals surface area contributed by atoms with E-state index in [4.69, 9.17) is 0 Å². The van der Waals surface area contributed by atoms with Crippen LogP contribution < -0.4 is 0 Å². The Kier molecular flexibility index (Phi) is 8.44. The van der Waals surface area contributed by atoms with Crippen LogP contribution in [0.4, 0.5) is 0 Å². The number of rotatable bonds is 6. The second kappa shape index (κ2) is 8.70. The number of hydrogen-bond acceptors (Lipinski definition) is 1. The van der Waals surface area contributed by atoms with Gasteiger partial charge >= 0.3 is 0 Å². The molecule has 0 rings (SSSR count). The van der Waals surface area contributed by atoms with Crippen LogP contribution in [-0.2, 0) is 4.74 Å². The molecule has 0 aromatic rings. The highest BCUT2D eigenvalue weighted by Crippen LogP contribution is 2.00. The monoisotopic (exact) mass is 141 g/mol. The fourth-order valence-electron chi connectivity index (χ4n) is 0.810. The van der Waals surface area contributed by atoms with E-state index in [1.54, 1.807) is 0 Å². The SMILES string of the molecule is [CH2]OCCCCCC=CC. The summed E-state index contributed by atoms with van der Waals surface area (Å²) < 4.78 is 4.68.